The third kappa shape index (κ3) is 3.53. The van der Waals surface area contributed by atoms with E-state index in [0.717, 1.165) is 17.9 Å². The minimum atomic E-state index is 0.590. The zero-order valence-electron chi connectivity index (χ0n) is 10.6. The first kappa shape index (κ1) is 14.0. The fourth-order valence-electron chi connectivity index (χ4n) is 2.44. The predicted octanol–water partition coefficient (Wildman–Crippen LogP) is 4.42. The first-order chi connectivity index (χ1) is 8.70. The maximum atomic E-state index is 6.17. The summed E-state index contributed by atoms with van der Waals surface area (Å²) in [5.41, 5.74) is 1.04. The summed E-state index contributed by atoms with van der Waals surface area (Å²) in [6.45, 7) is 3.33. The van der Waals surface area contributed by atoms with E-state index in [9.17, 15) is 0 Å². The zero-order chi connectivity index (χ0) is 13.0. The number of rotatable bonds is 5. The molecular weight excluding hydrogens is 269 g/mol. The number of halogens is 2. The molecule has 1 N–H and O–H groups in total. The summed E-state index contributed by atoms with van der Waals surface area (Å²) >= 11 is 12.2. The zero-order valence-corrected chi connectivity index (χ0v) is 12.2. The summed E-state index contributed by atoms with van der Waals surface area (Å²) in [4.78, 5) is 0. The third-order valence-corrected chi connectivity index (χ3v) is 3.81. The van der Waals surface area contributed by atoms with Gasteiger partial charge in [-0.05, 0) is 31.9 Å². The number of hydrogen-bond donors (Lipinski definition) is 1. The van der Waals surface area contributed by atoms with E-state index < -0.39 is 0 Å². The van der Waals surface area contributed by atoms with Crippen LogP contribution in [0, 0.1) is 0 Å². The van der Waals surface area contributed by atoms with Crippen molar-refractivity contribution in [3.8, 4) is 5.75 Å². The van der Waals surface area contributed by atoms with Gasteiger partial charge in [0.25, 0.3) is 0 Å². The van der Waals surface area contributed by atoms with Gasteiger partial charge in [0.15, 0.2) is 0 Å². The first-order valence-electron chi connectivity index (χ1n) is 6.54. The lowest BCUT2D eigenvalue weighted by Crippen LogP contribution is -2.25. The Morgan fingerprint density at radius 3 is 2.67 bits per heavy atom. The molecule has 2 rings (SSSR count). The molecule has 0 bridgehead atoms. The standard InChI is InChI=1S/C14H19Cl2NO/c1-2-18-14-10(7-11(15)8-13(14)16)9-17-12-5-3-4-6-12/h7-8,12,17H,2-6,9H2,1H3. The summed E-state index contributed by atoms with van der Waals surface area (Å²) in [7, 11) is 0. The molecule has 0 radical (unpaired) electrons. The maximum absolute atomic E-state index is 6.17. The quantitative estimate of drug-likeness (QED) is 0.865. The molecule has 0 spiro atoms. The second-order valence-electron chi connectivity index (χ2n) is 4.67. The molecule has 1 aromatic carbocycles. The van der Waals surface area contributed by atoms with Crippen LogP contribution in [0.25, 0.3) is 0 Å². The Balaban J connectivity index is 2.08. The van der Waals surface area contributed by atoms with Gasteiger partial charge in [0.1, 0.15) is 5.75 Å². The average Bonchev–Trinajstić information content (AvgIpc) is 2.83. The minimum Gasteiger partial charge on any atom is -0.492 e. The van der Waals surface area contributed by atoms with Crippen LogP contribution < -0.4 is 10.1 Å². The molecule has 1 saturated carbocycles. The molecule has 0 aromatic heterocycles. The van der Waals surface area contributed by atoms with Crippen molar-refractivity contribution in [1.29, 1.82) is 0 Å². The highest BCUT2D eigenvalue weighted by molar-refractivity contribution is 6.35. The molecule has 1 fully saturated rings. The van der Waals surface area contributed by atoms with Crippen LogP contribution in [-0.2, 0) is 6.54 Å². The summed E-state index contributed by atoms with van der Waals surface area (Å²) in [5.74, 6) is 0.758. The molecule has 18 heavy (non-hydrogen) atoms. The second-order valence-corrected chi connectivity index (χ2v) is 5.51. The lowest BCUT2D eigenvalue weighted by molar-refractivity contribution is 0.335. The number of ether oxygens (including phenoxy) is 1. The van der Waals surface area contributed by atoms with Gasteiger partial charge in [-0.25, -0.2) is 0 Å². The molecule has 100 valence electrons. The fourth-order valence-corrected chi connectivity index (χ4v) is 3.03. The van der Waals surface area contributed by atoms with Crippen molar-refractivity contribution in [2.45, 2.75) is 45.2 Å². The number of benzene rings is 1. The van der Waals surface area contributed by atoms with Gasteiger partial charge in [-0.1, -0.05) is 36.0 Å². The molecule has 0 atom stereocenters. The van der Waals surface area contributed by atoms with E-state index in [1.807, 2.05) is 13.0 Å². The molecule has 1 aliphatic rings. The molecule has 1 aliphatic carbocycles. The van der Waals surface area contributed by atoms with E-state index in [2.05, 4.69) is 5.32 Å². The predicted molar refractivity (Wildman–Crippen MR) is 76.7 cm³/mol. The minimum absolute atomic E-state index is 0.590. The van der Waals surface area contributed by atoms with Gasteiger partial charge in [0.2, 0.25) is 0 Å². The van der Waals surface area contributed by atoms with Crippen molar-refractivity contribution in [3.63, 3.8) is 0 Å². The van der Waals surface area contributed by atoms with Gasteiger partial charge >= 0.3 is 0 Å². The molecule has 0 amide bonds. The summed E-state index contributed by atoms with van der Waals surface area (Å²) in [6, 6.07) is 4.28. The van der Waals surface area contributed by atoms with Crippen molar-refractivity contribution in [1.82, 2.24) is 5.32 Å². The van der Waals surface area contributed by atoms with Gasteiger partial charge < -0.3 is 10.1 Å². The number of nitrogens with one attached hydrogen (secondary N) is 1. The summed E-state index contributed by atoms with van der Waals surface area (Å²) < 4.78 is 5.61. The molecule has 1 aromatic rings. The lowest BCUT2D eigenvalue weighted by atomic mass is 10.1. The van der Waals surface area contributed by atoms with E-state index in [0.29, 0.717) is 22.7 Å². The average molecular weight is 288 g/mol. The lowest BCUT2D eigenvalue weighted by Gasteiger charge is -2.16. The fraction of sp³-hybridized carbons (Fsp3) is 0.571. The summed E-state index contributed by atoms with van der Waals surface area (Å²) in [5, 5.41) is 4.80. The highest BCUT2D eigenvalue weighted by Gasteiger charge is 2.16. The smallest absolute Gasteiger partial charge is 0.142 e. The Morgan fingerprint density at radius 2 is 2.00 bits per heavy atom. The molecule has 0 aliphatic heterocycles. The highest BCUT2D eigenvalue weighted by atomic mass is 35.5. The molecule has 0 heterocycles. The van der Waals surface area contributed by atoms with Crippen molar-refractivity contribution in [2.24, 2.45) is 0 Å². The molecule has 0 saturated heterocycles. The Kier molecular flexibility index (Phi) is 5.16. The van der Waals surface area contributed by atoms with Gasteiger partial charge in [0.05, 0.1) is 11.6 Å². The largest absolute Gasteiger partial charge is 0.492 e. The summed E-state index contributed by atoms with van der Waals surface area (Å²) in [6.07, 6.45) is 5.18. The van der Waals surface area contributed by atoms with Crippen LogP contribution in [0.3, 0.4) is 0 Å². The van der Waals surface area contributed by atoms with Crippen LogP contribution in [0.4, 0.5) is 0 Å². The molecule has 2 nitrogen and oxygen atoms in total. The van der Waals surface area contributed by atoms with Gasteiger partial charge in [-0.2, -0.15) is 0 Å². The van der Waals surface area contributed by atoms with E-state index in [1.54, 1.807) is 6.07 Å². The Bertz CT molecular complexity index is 403. The van der Waals surface area contributed by atoms with E-state index in [4.69, 9.17) is 27.9 Å². The van der Waals surface area contributed by atoms with Crippen LogP contribution in [0.1, 0.15) is 38.2 Å². The van der Waals surface area contributed by atoms with E-state index >= 15 is 0 Å². The van der Waals surface area contributed by atoms with Gasteiger partial charge in [-0.15, -0.1) is 0 Å². The Labute approximate surface area is 119 Å². The first-order valence-corrected chi connectivity index (χ1v) is 7.30. The SMILES string of the molecule is CCOc1c(Cl)cc(Cl)cc1CNC1CCCC1. The van der Waals surface area contributed by atoms with Crippen LogP contribution in [-0.4, -0.2) is 12.6 Å². The molecule has 0 unspecified atom stereocenters. The Hall–Kier alpha value is -0.440. The van der Waals surface area contributed by atoms with Crippen molar-refractivity contribution < 1.29 is 4.74 Å². The van der Waals surface area contributed by atoms with Crippen molar-refractivity contribution >= 4 is 23.2 Å². The van der Waals surface area contributed by atoms with Crippen LogP contribution in [0.2, 0.25) is 10.0 Å². The second kappa shape index (κ2) is 6.65. The van der Waals surface area contributed by atoms with Crippen LogP contribution in [0.5, 0.6) is 5.75 Å². The normalized spacial score (nSPS) is 16.2. The maximum Gasteiger partial charge on any atom is 0.142 e. The van der Waals surface area contributed by atoms with Crippen LogP contribution in [0.15, 0.2) is 12.1 Å². The van der Waals surface area contributed by atoms with E-state index in [-0.39, 0.29) is 0 Å². The van der Waals surface area contributed by atoms with Gasteiger partial charge in [-0.3, -0.25) is 0 Å². The highest BCUT2D eigenvalue weighted by Crippen LogP contribution is 2.32. The monoisotopic (exact) mass is 287 g/mol. The Morgan fingerprint density at radius 1 is 1.28 bits per heavy atom. The third-order valence-electron chi connectivity index (χ3n) is 3.31. The number of hydrogen-bond acceptors (Lipinski definition) is 2. The van der Waals surface area contributed by atoms with E-state index in [1.165, 1.54) is 25.7 Å². The molecular formula is C14H19Cl2NO. The van der Waals surface area contributed by atoms with Crippen molar-refractivity contribution in [3.05, 3.63) is 27.7 Å². The van der Waals surface area contributed by atoms with Crippen molar-refractivity contribution in [2.75, 3.05) is 6.61 Å². The topological polar surface area (TPSA) is 21.3 Å². The molecule has 4 heteroatoms. The van der Waals surface area contributed by atoms with Crippen LogP contribution >= 0.6 is 23.2 Å². The van der Waals surface area contributed by atoms with Gasteiger partial charge in [0, 0.05) is 23.2 Å².